The Balaban J connectivity index is 0.844. The first-order valence-electron chi connectivity index (χ1n) is 22.2. The molecule has 63 heavy (non-hydrogen) atoms. The molecular weight excluding hydrogens is 802 g/mol. The van der Waals surface area contributed by atoms with Crippen LogP contribution in [0.2, 0.25) is 0 Å². The lowest BCUT2D eigenvalue weighted by Crippen LogP contribution is -2.55. The summed E-state index contributed by atoms with van der Waals surface area (Å²) in [4.78, 5) is 61.8. The fourth-order valence-corrected chi connectivity index (χ4v) is 9.57. The van der Waals surface area contributed by atoms with Gasteiger partial charge in [-0.3, -0.25) is 24.1 Å². The van der Waals surface area contributed by atoms with E-state index in [1.165, 1.54) is 18.2 Å². The van der Waals surface area contributed by atoms with Crippen LogP contribution in [0.1, 0.15) is 66.0 Å². The smallest absolute Gasteiger partial charge is 0.317 e. The number of aliphatic hydroxyl groups is 1. The number of fused-ring (bicyclic) bond motifs is 4. The molecule has 0 saturated carbocycles. The molecule has 4 aliphatic rings. The fourth-order valence-electron chi connectivity index (χ4n) is 9.57. The number of hydrogen-bond donors (Lipinski definition) is 4. The van der Waals surface area contributed by atoms with Gasteiger partial charge in [0.25, 0.3) is 0 Å². The molecule has 13 heteroatoms. The normalized spacial score (nSPS) is 19.7. The first kappa shape index (κ1) is 43.7. The van der Waals surface area contributed by atoms with Crippen LogP contribution in [0.4, 0.5) is 4.39 Å². The lowest BCUT2D eigenvalue weighted by Gasteiger charge is -2.46. The van der Waals surface area contributed by atoms with E-state index in [4.69, 9.17) is 4.74 Å². The van der Waals surface area contributed by atoms with Crippen molar-refractivity contribution < 1.29 is 33.7 Å². The Bertz CT molecular complexity index is 2450. The number of H-pyrrole nitrogens is 1. The number of carbonyl (C=O) groups is 3. The Morgan fingerprint density at radius 3 is 2.27 bits per heavy atom. The van der Waals surface area contributed by atoms with Crippen LogP contribution in [0.15, 0.2) is 108 Å². The summed E-state index contributed by atoms with van der Waals surface area (Å²) in [5, 5.41) is 24.9. The number of ether oxygens (including phenoxy) is 1. The number of aromatic nitrogens is 1. The predicted octanol–water partition coefficient (Wildman–Crippen LogP) is 5.40. The minimum atomic E-state index is -0.928. The first-order chi connectivity index (χ1) is 30.6. The molecule has 0 radical (unpaired) electrons. The highest BCUT2D eigenvalue weighted by molar-refractivity contribution is 5.87. The highest BCUT2D eigenvalue weighted by Crippen LogP contribution is 2.39. The molecular formula is C50H56FN5O7. The molecule has 4 N–H and O–H groups in total. The molecule has 4 aromatic carbocycles. The zero-order chi connectivity index (χ0) is 43.9. The second kappa shape index (κ2) is 19.7. The molecule has 2 amide bonds. The van der Waals surface area contributed by atoms with Crippen molar-refractivity contribution in [2.24, 2.45) is 5.92 Å². The van der Waals surface area contributed by atoms with Crippen molar-refractivity contribution in [3.8, 4) is 5.75 Å². The quantitative estimate of drug-likeness (QED) is 0.0755. The lowest BCUT2D eigenvalue weighted by atomic mass is 9.72. The average molecular weight is 858 g/mol. The summed E-state index contributed by atoms with van der Waals surface area (Å²) in [5.41, 5.74) is 2.59. The Morgan fingerprint density at radius 1 is 0.873 bits per heavy atom. The average Bonchev–Trinajstić information content (AvgIpc) is 3.30. The number of aromatic amines is 1. The first-order valence-corrected chi connectivity index (χ1v) is 22.2. The van der Waals surface area contributed by atoms with E-state index in [0.29, 0.717) is 67.9 Å². The van der Waals surface area contributed by atoms with Gasteiger partial charge in [0.1, 0.15) is 17.7 Å². The molecule has 0 aliphatic carbocycles. The molecule has 5 aromatic rings. The van der Waals surface area contributed by atoms with E-state index in [9.17, 15) is 33.8 Å². The Morgan fingerprint density at radius 2 is 1.57 bits per heavy atom. The second-order valence-corrected chi connectivity index (χ2v) is 17.3. The van der Waals surface area contributed by atoms with Crippen molar-refractivity contribution in [2.75, 3.05) is 52.4 Å². The molecule has 12 nitrogen and oxygen atoms in total. The summed E-state index contributed by atoms with van der Waals surface area (Å²) in [5.74, 6) is -0.432. The minimum Gasteiger partial charge on any atom is -0.506 e. The van der Waals surface area contributed by atoms with Crippen LogP contribution in [-0.2, 0) is 43.9 Å². The van der Waals surface area contributed by atoms with Crippen molar-refractivity contribution in [3.63, 3.8) is 0 Å². The highest BCUT2D eigenvalue weighted by Gasteiger charge is 2.47. The summed E-state index contributed by atoms with van der Waals surface area (Å²) < 4.78 is 21.1. The number of aliphatic hydroxyl groups excluding tert-OH is 1. The van der Waals surface area contributed by atoms with Gasteiger partial charge in [0.15, 0.2) is 0 Å². The number of carbonyl (C=O) groups excluding carboxylic acids is 3. The maximum atomic E-state index is 14.8. The standard InChI is InChI=1S/C50H56FN5O7/c51-41-10-5-4-7-37(41)32-56(24-6-23-52-31-43(58)39-15-17-42(57)48-40(39)16-18-45(59)53-48)47(61)30-35-13-11-34(12-14-35)29-46(60)55-27-21-50(22-28-55,38-8-2-1-3-9-38)49(62)63-44-33-54-25-19-36(44)20-26-54/h1-5,7-18,36,43-44,52,57-58H,6,19-33H2,(H,53,59)/t43?,44-/m0/s1. The van der Waals surface area contributed by atoms with Crippen molar-refractivity contribution in [1.82, 2.24) is 25.0 Å². The van der Waals surface area contributed by atoms with Gasteiger partial charge in [-0.2, -0.15) is 0 Å². The number of amides is 2. The fraction of sp³-hybridized carbons (Fsp3) is 0.400. The van der Waals surface area contributed by atoms with E-state index < -0.39 is 17.3 Å². The molecule has 2 atom stereocenters. The maximum absolute atomic E-state index is 14.8. The molecule has 5 heterocycles. The monoisotopic (exact) mass is 857 g/mol. The van der Waals surface area contributed by atoms with Crippen molar-refractivity contribution >= 4 is 28.7 Å². The van der Waals surface area contributed by atoms with Crippen LogP contribution in [0, 0.1) is 11.7 Å². The van der Waals surface area contributed by atoms with Crippen LogP contribution < -0.4 is 10.9 Å². The van der Waals surface area contributed by atoms with Crippen LogP contribution in [-0.4, -0.2) is 106 Å². The number of piperidine rings is 4. The van der Waals surface area contributed by atoms with Crippen LogP contribution in [0.3, 0.4) is 0 Å². The number of likely N-dealkylation sites (tertiary alicyclic amines) is 1. The topological polar surface area (TPSA) is 156 Å². The summed E-state index contributed by atoms with van der Waals surface area (Å²) in [7, 11) is 0. The van der Waals surface area contributed by atoms with E-state index in [0.717, 1.165) is 49.2 Å². The number of nitrogens with zero attached hydrogens (tertiary/aromatic N) is 3. The number of aromatic hydroxyl groups is 1. The minimum absolute atomic E-state index is 0.0174. The SMILES string of the molecule is O=C(Cc1ccc(CC(=O)N(CCCNCC(O)c2ccc(O)c3[nH]c(=O)ccc23)Cc2ccccc2F)cc1)N1CCC(C(=O)O[C@H]2CN3CCC2CC3)(c2ccccc2)CC1. The molecule has 1 unspecified atom stereocenters. The van der Waals surface area contributed by atoms with Gasteiger partial charge in [0.05, 0.1) is 29.9 Å². The maximum Gasteiger partial charge on any atom is 0.317 e. The van der Waals surface area contributed by atoms with Crippen molar-refractivity contribution in [2.45, 2.75) is 69.1 Å². The number of rotatable bonds is 16. The van der Waals surface area contributed by atoms with Gasteiger partial charge in [-0.05, 0) is 98.1 Å². The molecule has 4 aliphatic heterocycles. The van der Waals surface area contributed by atoms with Crippen LogP contribution in [0.25, 0.3) is 10.9 Å². The highest BCUT2D eigenvalue weighted by atomic mass is 19.1. The molecule has 330 valence electrons. The van der Waals surface area contributed by atoms with Gasteiger partial charge in [-0.25, -0.2) is 4.39 Å². The summed E-state index contributed by atoms with van der Waals surface area (Å²) in [6.07, 6.45) is 2.91. The van der Waals surface area contributed by atoms with Gasteiger partial charge in [0.2, 0.25) is 17.4 Å². The number of benzene rings is 4. The molecule has 1 aromatic heterocycles. The van der Waals surface area contributed by atoms with E-state index in [2.05, 4.69) is 15.2 Å². The summed E-state index contributed by atoms with van der Waals surface area (Å²) >= 11 is 0. The third-order valence-electron chi connectivity index (χ3n) is 13.3. The number of phenols is 1. The molecule has 4 saturated heterocycles. The number of nitrogens with one attached hydrogen (secondary N) is 2. The molecule has 0 spiro atoms. The van der Waals surface area contributed by atoms with Gasteiger partial charge in [-0.15, -0.1) is 0 Å². The zero-order valence-corrected chi connectivity index (χ0v) is 35.5. The molecule has 9 rings (SSSR count). The lowest BCUT2D eigenvalue weighted by molar-refractivity contribution is -0.168. The Kier molecular flexibility index (Phi) is 13.6. The second-order valence-electron chi connectivity index (χ2n) is 17.3. The summed E-state index contributed by atoms with van der Waals surface area (Å²) in [6.45, 7) is 4.91. The van der Waals surface area contributed by atoms with E-state index in [-0.39, 0.29) is 66.6 Å². The van der Waals surface area contributed by atoms with Crippen LogP contribution >= 0.6 is 0 Å². The number of phenolic OH excluding ortho intramolecular Hbond substituents is 1. The Labute approximate surface area is 366 Å². The number of pyridine rings is 1. The summed E-state index contributed by atoms with van der Waals surface area (Å²) in [6, 6.07) is 29.7. The predicted molar refractivity (Wildman–Crippen MR) is 237 cm³/mol. The van der Waals surface area contributed by atoms with Gasteiger partial charge in [-0.1, -0.05) is 78.9 Å². The number of hydrogen-bond acceptors (Lipinski definition) is 9. The molecule has 4 fully saturated rings. The third-order valence-corrected chi connectivity index (χ3v) is 13.3. The third kappa shape index (κ3) is 10.2. The van der Waals surface area contributed by atoms with Gasteiger partial charge >= 0.3 is 5.97 Å². The van der Waals surface area contributed by atoms with E-state index in [1.807, 2.05) is 59.5 Å². The van der Waals surface area contributed by atoms with Crippen LogP contribution in [0.5, 0.6) is 5.75 Å². The van der Waals surface area contributed by atoms with E-state index >= 15 is 0 Å². The number of esters is 1. The van der Waals surface area contributed by atoms with Crippen molar-refractivity contribution in [1.29, 1.82) is 0 Å². The largest absolute Gasteiger partial charge is 0.506 e. The zero-order valence-electron chi connectivity index (χ0n) is 35.5. The van der Waals surface area contributed by atoms with Gasteiger partial charge < -0.3 is 35.1 Å². The Hall–Kier alpha value is -5.89. The number of halogens is 1. The molecule has 2 bridgehead atoms. The van der Waals surface area contributed by atoms with Crippen molar-refractivity contribution in [3.05, 3.63) is 147 Å². The van der Waals surface area contributed by atoms with Gasteiger partial charge in [0, 0.05) is 56.3 Å². The van der Waals surface area contributed by atoms with E-state index in [1.54, 1.807) is 35.2 Å².